The van der Waals surface area contributed by atoms with Crippen molar-refractivity contribution in [2.75, 3.05) is 11.1 Å². The van der Waals surface area contributed by atoms with E-state index < -0.39 is 5.82 Å². The lowest BCUT2D eigenvalue weighted by Crippen LogP contribution is -2.22. The highest BCUT2D eigenvalue weighted by molar-refractivity contribution is 5.72. The highest BCUT2D eigenvalue weighted by Gasteiger charge is 2.22. The van der Waals surface area contributed by atoms with Crippen LogP contribution in [0.1, 0.15) is 30.5 Å². The number of hydrogen-bond acceptors (Lipinski definition) is 6. The lowest BCUT2D eigenvalue weighted by atomic mass is 9.94. The number of rotatable bonds is 5. The third-order valence-corrected chi connectivity index (χ3v) is 5.11. The molecule has 7 nitrogen and oxygen atoms in total. The van der Waals surface area contributed by atoms with E-state index in [1.807, 2.05) is 49.4 Å². The first-order chi connectivity index (χ1) is 15.0. The van der Waals surface area contributed by atoms with Crippen LogP contribution in [0.4, 0.5) is 16.0 Å². The first-order valence-electron chi connectivity index (χ1n) is 9.70. The van der Waals surface area contributed by atoms with Crippen molar-refractivity contribution in [2.24, 2.45) is 0 Å². The van der Waals surface area contributed by atoms with Crippen molar-refractivity contribution in [3.05, 3.63) is 88.4 Å². The Morgan fingerprint density at radius 3 is 2.71 bits per heavy atom. The number of aromatic nitrogens is 3. The molecule has 1 atom stereocenters. The Bertz CT molecular complexity index is 1360. The zero-order valence-corrected chi connectivity index (χ0v) is 16.7. The molecule has 3 aromatic heterocycles. The van der Waals surface area contributed by atoms with Gasteiger partial charge in [0.15, 0.2) is 0 Å². The third kappa shape index (κ3) is 3.69. The number of pyridine rings is 2. The predicted octanol–water partition coefficient (Wildman–Crippen LogP) is 3.91. The van der Waals surface area contributed by atoms with Crippen LogP contribution >= 0.6 is 0 Å². The highest BCUT2D eigenvalue weighted by atomic mass is 19.1. The van der Waals surface area contributed by atoms with Crippen LogP contribution in [0.15, 0.2) is 65.8 Å². The van der Waals surface area contributed by atoms with Gasteiger partial charge < -0.3 is 11.1 Å². The van der Waals surface area contributed by atoms with Crippen molar-refractivity contribution >= 4 is 17.2 Å². The van der Waals surface area contributed by atoms with Crippen LogP contribution in [0.2, 0.25) is 0 Å². The van der Waals surface area contributed by atoms with Crippen molar-refractivity contribution in [1.82, 2.24) is 14.4 Å². The molecule has 0 aliphatic rings. The number of fused-ring (bicyclic) bond motifs is 1. The molecule has 3 N–H and O–H groups in total. The summed E-state index contributed by atoms with van der Waals surface area (Å²) < 4.78 is 15.2. The summed E-state index contributed by atoms with van der Waals surface area (Å²) >= 11 is 0. The maximum atomic E-state index is 13.9. The lowest BCUT2D eigenvalue weighted by molar-refractivity contribution is 0.618. The third-order valence-electron chi connectivity index (χ3n) is 5.11. The van der Waals surface area contributed by atoms with Gasteiger partial charge in [-0.2, -0.15) is 5.26 Å². The van der Waals surface area contributed by atoms with Crippen molar-refractivity contribution < 1.29 is 4.39 Å². The zero-order valence-electron chi connectivity index (χ0n) is 16.7. The molecule has 0 bridgehead atoms. The fourth-order valence-corrected chi connectivity index (χ4v) is 3.61. The Morgan fingerprint density at radius 1 is 1.23 bits per heavy atom. The van der Waals surface area contributed by atoms with Gasteiger partial charge in [-0.15, -0.1) is 0 Å². The van der Waals surface area contributed by atoms with Gasteiger partial charge in [-0.1, -0.05) is 37.3 Å². The van der Waals surface area contributed by atoms with Crippen LogP contribution < -0.4 is 16.6 Å². The molecule has 4 rings (SSSR count). The van der Waals surface area contributed by atoms with E-state index in [0.717, 1.165) is 0 Å². The van der Waals surface area contributed by atoms with Crippen molar-refractivity contribution in [2.45, 2.75) is 19.4 Å². The van der Waals surface area contributed by atoms with Crippen LogP contribution in [0, 0.1) is 17.1 Å². The normalized spacial score (nSPS) is 11.8. The van der Waals surface area contributed by atoms with Gasteiger partial charge >= 0.3 is 0 Å². The van der Waals surface area contributed by atoms with Crippen LogP contribution in [0.5, 0.6) is 0 Å². The quantitative estimate of drug-likeness (QED) is 0.512. The molecule has 154 valence electrons. The van der Waals surface area contributed by atoms with E-state index in [1.165, 1.54) is 23.0 Å². The number of nitriles is 1. The fraction of sp³-hybridized carbons (Fsp3) is 0.130. The molecule has 1 aromatic carbocycles. The van der Waals surface area contributed by atoms with E-state index >= 15 is 0 Å². The zero-order chi connectivity index (χ0) is 22.0. The van der Waals surface area contributed by atoms with Gasteiger partial charge in [0.25, 0.3) is 5.56 Å². The van der Waals surface area contributed by atoms with E-state index in [9.17, 15) is 14.4 Å². The molecular formula is C23H19FN6O. The van der Waals surface area contributed by atoms with Gasteiger partial charge in [0.2, 0.25) is 0 Å². The molecule has 8 heteroatoms. The average molecular weight is 414 g/mol. The van der Waals surface area contributed by atoms with Gasteiger partial charge in [0.05, 0.1) is 11.6 Å². The maximum absolute atomic E-state index is 13.9. The minimum absolute atomic E-state index is 0.0761. The molecule has 31 heavy (non-hydrogen) atoms. The molecule has 0 spiro atoms. The number of nitrogens with zero attached hydrogens (tertiary/aromatic N) is 4. The van der Waals surface area contributed by atoms with Crippen molar-refractivity contribution in [3.63, 3.8) is 0 Å². The van der Waals surface area contributed by atoms with E-state index in [4.69, 9.17) is 5.73 Å². The monoisotopic (exact) mass is 414 g/mol. The Hall–Kier alpha value is -4.25. The van der Waals surface area contributed by atoms with Gasteiger partial charge in [-0.25, -0.2) is 14.4 Å². The van der Waals surface area contributed by atoms with Crippen LogP contribution in [0.25, 0.3) is 16.6 Å². The molecule has 0 fully saturated rings. The molecule has 4 aromatic rings. The number of halogens is 1. The second-order valence-corrected chi connectivity index (χ2v) is 6.99. The Kier molecular flexibility index (Phi) is 5.33. The number of nitrogens with one attached hydrogen (secondary N) is 1. The first-order valence-corrected chi connectivity index (χ1v) is 9.70. The summed E-state index contributed by atoms with van der Waals surface area (Å²) in [4.78, 5) is 21.4. The smallest absolute Gasteiger partial charge is 0.263 e. The second kappa shape index (κ2) is 8.24. The number of nitrogens with two attached hydrogens (primary N) is 1. The van der Waals surface area contributed by atoms with Crippen LogP contribution in [0.3, 0.4) is 0 Å². The van der Waals surface area contributed by atoms with Crippen LogP contribution in [-0.2, 0) is 0 Å². The summed E-state index contributed by atoms with van der Waals surface area (Å²) in [5, 5.41) is 12.7. The van der Waals surface area contributed by atoms with E-state index in [2.05, 4.69) is 15.3 Å². The SMILES string of the molecule is CCC(Nc1ncnc(N)c1C#N)c1cc2ccc(F)cn2c(=O)c1-c1ccccc1. The number of benzene rings is 1. The summed E-state index contributed by atoms with van der Waals surface area (Å²) in [6, 6.07) is 15.6. The van der Waals surface area contributed by atoms with Gasteiger partial charge in [-0.3, -0.25) is 9.20 Å². The molecule has 3 heterocycles. The standard InChI is InChI=1S/C23H19FN6O/c1-2-19(29-22-18(11-25)21(26)27-13-28-22)17-10-16-9-8-15(24)12-30(16)23(31)20(17)14-6-4-3-5-7-14/h3-10,12-13,19H,2H2,1H3,(H3,26,27,28,29). The Balaban J connectivity index is 1.95. The molecular weight excluding hydrogens is 395 g/mol. The molecule has 0 radical (unpaired) electrons. The average Bonchev–Trinajstić information content (AvgIpc) is 2.78. The number of nitrogen functional groups attached to an aromatic ring is 1. The summed E-state index contributed by atoms with van der Waals surface area (Å²) in [6.45, 7) is 1.95. The molecule has 0 aliphatic carbocycles. The molecule has 0 amide bonds. The van der Waals surface area contributed by atoms with Crippen molar-refractivity contribution in [1.29, 1.82) is 5.26 Å². The molecule has 1 unspecified atom stereocenters. The summed E-state index contributed by atoms with van der Waals surface area (Å²) in [6.07, 6.45) is 3.05. The van der Waals surface area contributed by atoms with E-state index in [1.54, 1.807) is 6.07 Å². The summed E-state index contributed by atoms with van der Waals surface area (Å²) in [5.41, 5.74) is 8.06. The molecule has 0 saturated heterocycles. The predicted molar refractivity (Wildman–Crippen MR) is 117 cm³/mol. The van der Waals surface area contributed by atoms with Crippen molar-refractivity contribution in [3.8, 4) is 17.2 Å². The Labute approximate surface area is 177 Å². The topological polar surface area (TPSA) is 109 Å². The number of hydrogen-bond donors (Lipinski definition) is 2. The second-order valence-electron chi connectivity index (χ2n) is 6.99. The lowest BCUT2D eigenvalue weighted by Gasteiger charge is -2.22. The first kappa shape index (κ1) is 20.0. The number of anilines is 2. The largest absolute Gasteiger partial charge is 0.382 e. The van der Waals surface area contributed by atoms with E-state index in [0.29, 0.717) is 34.4 Å². The van der Waals surface area contributed by atoms with E-state index in [-0.39, 0.29) is 23.0 Å². The van der Waals surface area contributed by atoms with Gasteiger partial charge in [0, 0.05) is 11.7 Å². The maximum Gasteiger partial charge on any atom is 0.263 e. The minimum Gasteiger partial charge on any atom is -0.382 e. The van der Waals surface area contributed by atoms with Crippen LogP contribution in [-0.4, -0.2) is 14.4 Å². The van der Waals surface area contributed by atoms with Gasteiger partial charge in [-0.05, 0) is 35.7 Å². The van der Waals surface area contributed by atoms with Gasteiger partial charge in [0.1, 0.15) is 35.4 Å². The summed E-state index contributed by atoms with van der Waals surface area (Å²) in [5.74, 6) is -0.131. The summed E-state index contributed by atoms with van der Waals surface area (Å²) in [7, 11) is 0. The minimum atomic E-state index is -0.498. The molecule has 0 saturated carbocycles. The molecule has 0 aliphatic heterocycles. The fourth-order valence-electron chi connectivity index (χ4n) is 3.61. The Morgan fingerprint density at radius 2 is 2.00 bits per heavy atom. The highest BCUT2D eigenvalue weighted by Crippen LogP contribution is 2.31.